The van der Waals surface area contributed by atoms with E-state index in [0.29, 0.717) is 18.3 Å². The van der Waals surface area contributed by atoms with Crippen LogP contribution in [0.3, 0.4) is 0 Å². The largest absolute Gasteiger partial charge is 0.394 e. The van der Waals surface area contributed by atoms with Gasteiger partial charge in [0.15, 0.2) is 12.1 Å². The summed E-state index contributed by atoms with van der Waals surface area (Å²) in [7, 11) is 0. The zero-order valence-corrected chi connectivity index (χ0v) is 18.7. The quantitative estimate of drug-likeness (QED) is 0.520. The number of fused-ring (bicyclic) bond motifs is 4. The van der Waals surface area contributed by atoms with Crippen LogP contribution in [0, 0.1) is 17.3 Å². The smallest absolute Gasteiger partial charge is 0.187 e. The van der Waals surface area contributed by atoms with Crippen molar-refractivity contribution in [1.82, 2.24) is 0 Å². The van der Waals surface area contributed by atoms with E-state index in [1.807, 2.05) is 13.0 Å². The van der Waals surface area contributed by atoms with Crippen molar-refractivity contribution in [2.24, 2.45) is 17.3 Å². The minimum atomic E-state index is -1.45. The number of ether oxygens (including phenoxy) is 2. The lowest BCUT2D eigenvalue weighted by molar-refractivity contribution is -0.333. The van der Waals surface area contributed by atoms with Crippen molar-refractivity contribution >= 4 is 5.78 Å². The van der Waals surface area contributed by atoms with Gasteiger partial charge in [-0.3, -0.25) is 4.79 Å². The van der Waals surface area contributed by atoms with Gasteiger partial charge in [-0.2, -0.15) is 0 Å². The zero-order chi connectivity index (χ0) is 22.8. The third-order valence-corrected chi connectivity index (χ3v) is 8.98. The number of hydrogen-bond acceptors (Lipinski definition) is 7. The fourth-order valence-electron chi connectivity index (χ4n) is 6.83. The number of ketones is 1. The summed E-state index contributed by atoms with van der Waals surface area (Å²) in [5.41, 5.74) is 2.99. The maximum absolute atomic E-state index is 11.9. The molecule has 7 heteroatoms. The molecule has 9 atom stereocenters. The molecule has 0 bridgehead atoms. The van der Waals surface area contributed by atoms with Crippen LogP contribution in [0.1, 0.15) is 52.4 Å². The second-order valence-electron chi connectivity index (χ2n) is 10.5. The van der Waals surface area contributed by atoms with Crippen LogP contribution in [0.2, 0.25) is 0 Å². The Bertz CT molecular complexity index is 889. The first-order valence-electron chi connectivity index (χ1n) is 11.8. The summed E-state index contributed by atoms with van der Waals surface area (Å²) in [6.45, 7) is 3.76. The molecule has 5 aliphatic rings. The molecule has 7 nitrogen and oxygen atoms in total. The molecule has 0 aromatic rings. The lowest BCUT2D eigenvalue weighted by Crippen LogP contribution is -2.61. The van der Waals surface area contributed by atoms with Crippen molar-refractivity contribution in [3.8, 4) is 0 Å². The Hall–Kier alpha value is -1.35. The van der Waals surface area contributed by atoms with Crippen LogP contribution in [0.25, 0.3) is 0 Å². The monoisotopic (exact) mass is 446 g/mol. The third kappa shape index (κ3) is 3.21. The summed E-state index contributed by atoms with van der Waals surface area (Å²) in [6, 6.07) is 0. The number of aliphatic hydroxyl groups is 4. The summed E-state index contributed by atoms with van der Waals surface area (Å²) < 4.78 is 12.1. The lowest BCUT2D eigenvalue weighted by Gasteiger charge is -2.51. The van der Waals surface area contributed by atoms with E-state index in [0.717, 1.165) is 32.1 Å². The molecule has 176 valence electrons. The maximum Gasteiger partial charge on any atom is 0.187 e. The van der Waals surface area contributed by atoms with Gasteiger partial charge in [0.2, 0.25) is 0 Å². The van der Waals surface area contributed by atoms with Gasteiger partial charge in [0, 0.05) is 11.8 Å². The Morgan fingerprint density at radius 3 is 2.62 bits per heavy atom. The molecule has 0 radical (unpaired) electrons. The molecule has 0 aromatic heterocycles. The van der Waals surface area contributed by atoms with Crippen LogP contribution < -0.4 is 0 Å². The van der Waals surface area contributed by atoms with E-state index in [9.17, 15) is 25.2 Å². The molecule has 0 amide bonds. The summed E-state index contributed by atoms with van der Waals surface area (Å²) >= 11 is 0. The highest BCUT2D eigenvalue weighted by molar-refractivity contribution is 5.93. The highest BCUT2D eigenvalue weighted by atomic mass is 16.7. The Morgan fingerprint density at radius 2 is 1.88 bits per heavy atom. The molecule has 1 saturated carbocycles. The standard InChI is InChI=1S/C25H34O7/c1-24-9-7-16-15-6-4-14(27)11-13(15)3-5-17(16)18(24)8-10-25(24,2)32-23-22(30)21(29)20(28)19(12-26)31-23/h7,9,11,17-23,26,28-30H,3-6,8,10,12H2,1-2H3/t17?,18?,19-,20-,21+,22-,23+,24-,25-/m0/s1. The minimum Gasteiger partial charge on any atom is -0.394 e. The topological polar surface area (TPSA) is 116 Å². The molecule has 5 rings (SSSR count). The second-order valence-corrected chi connectivity index (χ2v) is 10.5. The summed E-state index contributed by atoms with van der Waals surface area (Å²) in [4.78, 5) is 11.9. The highest BCUT2D eigenvalue weighted by Gasteiger charge is 2.60. The van der Waals surface area contributed by atoms with Gasteiger partial charge in [-0.15, -0.1) is 0 Å². The van der Waals surface area contributed by atoms with E-state index >= 15 is 0 Å². The van der Waals surface area contributed by atoms with Crippen LogP contribution >= 0.6 is 0 Å². The summed E-state index contributed by atoms with van der Waals surface area (Å²) in [5.74, 6) is 1.00. The first kappa shape index (κ1) is 22.4. The van der Waals surface area contributed by atoms with Gasteiger partial charge in [0.25, 0.3) is 0 Å². The van der Waals surface area contributed by atoms with Gasteiger partial charge >= 0.3 is 0 Å². The Balaban J connectivity index is 1.44. The number of carbonyl (C=O) groups excluding carboxylic acids is 1. The molecule has 2 unspecified atom stereocenters. The van der Waals surface area contributed by atoms with Gasteiger partial charge in [0.1, 0.15) is 24.4 Å². The van der Waals surface area contributed by atoms with Crippen molar-refractivity contribution in [3.05, 3.63) is 34.9 Å². The third-order valence-electron chi connectivity index (χ3n) is 8.98. The first-order valence-corrected chi connectivity index (χ1v) is 11.8. The molecule has 1 aliphatic heterocycles. The Labute approximate surface area is 188 Å². The van der Waals surface area contributed by atoms with Crippen LogP contribution in [0.5, 0.6) is 0 Å². The van der Waals surface area contributed by atoms with Gasteiger partial charge in [-0.25, -0.2) is 0 Å². The van der Waals surface area contributed by atoms with Crippen LogP contribution in [-0.2, 0) is 14.3 Å². The molecule has 4 aliphatic carbocycles. The molecule has 2 fully saturated rings. The lowest BCUT2D eigenvalue weighted by atomic mass is 9.58. The highest BCUT2D eigenvalue weighted by Crippen LogP contribution is 2.62. The van der Waals surface area contributed by atoms with E-state index in [1.165, 1.54) is 16.7 Å². The van der Waals surface area contributed by atoms with Gasteiger partial charge in [-0.05, 0) is 73.7 Å². The van der Waals surface area contributed by atoms with Gasteiger partial charge in [0.05, 0.1) is 12.2 Å². The van der Waals surface area contributed by atoms with Crippen molar-refractivity contribution < 1.29 is 34.7 Å². The van der Waals surface area contributed by atoms with Crippen molar-refractivity contribution in [1.29, 1.82) is 0 Å². The first-order chi connectivity index (χ1) is 15.2. The van der Waals surface area contributed by atoms with Crippen molar-refractivity contribution in [3.63, 3.8) is 0 Å². The average Bonchev–Trinajstić information content (AvgIpc) is 3.04. The van der Waals surface area contributed by atoms with E-state index < -0.39 is 42.9 Å². The molecule has 1 heterocycles. The second kappa shape index (κ2) is 7.86. The predicted molar refractivity (Wildman–Crippen MR) is 115 cm³/mol. The number of rotatable bonds is 3. The molecule has 4 N–H and O–H groups in total. The SMILES string of the molecule is C[C@]12C=CC3=C4CCC(=O)C=C4CCC3C1CC[C@]2(C)O[C@H]1O[C@@H](CO)[C@H](O)[C@@H](O)[C@@H]1O. The van der Waals surface area contributed by atoms with Gasteiger partial charge in [-0.1, -0.05) is 19.1 Å². The summed E-state index contributed by atoms with van der Waals surface area (Å²) in [6.07, 6.45) is 5.01. The van der Waals surface area contributed by atoms with Crippen molar-refractivity contribution in [2.75, 3.05) is 6.61 Å². The number of carbonyl (C=O) groups is 1. The number of allylic oxidation sites excluding steroid dienone is 5. The van der Waals surface area contributed by atoms with E-state index in [2.05, 4.69) is 19.1 Å². The van der Waals surface area contributed by atoms with Crippen LogP contribution in [0.15, 0.2) is 34.9 Å². The van der Waals surface area contributed by atoms with Crippen molar-refractivity contribution in [2.45, 2.75) is 88.7 Å². The van der Waals surface area contributed by atoms with E-state index in [4.69, 9.17) is 9.47 Å². The molecule has 0 aromatic carbocycles. The van der Waals surface area contributed by atoms with E-state index in [1.54, 1.807) is 0 Å². The Morgan fingerprint density at radius 1 is 1.09 bits per heavy atom. The average molecular weight is 447 g/mol. The van der Waals surface area contributed by atoms with E-state index in [-0.39, 0.29) is 11.2 Å². The molecule has 32 heavy (non-hydrogen) atoms. The Kier molecular flexibility index (Phi) is 5.51. The van der Waals surface area contributed by atoms with Crippen LogP contribution in [-0.4, -0.2) is 69.1 Å². The predicted octanol–water partition coefficient (Wildman–Crippen LogP) is 1.54. The fourth-order valence-corrected chi connectivity index (χ4v) is 6.83. The normalized spacial score (nSPS) is 48.2. The molecular formula is C25H34O7. The maximum atomic E-state index is 11.9. The molecule has 1 saturated heterocycles. The number of hydrogen-bond donors (Lipinski definition) is 4. The molecule has 0 spiro atoms. The summed E-state index contributed by atoms with van der Waals surface area (Å²) in [5, 5.41) is 40.3. The minimum absolute atomic E-state index is 0.230. The number of aliphatic hydroxyl groups excluding tert-OH is 4. The van der Waals surface area contributed by atoms with Gasteiger partial charge < -0.3 is 29.9 Å². The fraction of sp³-hybridized carbons (Fsp3) is 0.720. The van der Waals surface area contributed by atoms with Crippen LogP contribution in [0.4, 0.5) is 0 Å². The zero-order valence-electron chi connectivity index (χ0n) is 18.7. The molecular weight excluding hydrogens is 412 g/mol.